The molecular weight excluding hydrogens is 288 g/mol. The van der Waals surface area contributed by atoms with Gasteiger partial charge in [0.05, 0.1) is 6.10 Å². The van der Waals surface area contributed by atoms with Crippen LogP contribution in [0.15, 0.2) is 23.2 Å². The highest BCUT2D eigenvalue weighted by Gasteiger charge is 2.22. The number of hydrogen-bond acceptors (Lipinski definition) is 4. The van der Waals surface area contributed by atoms with Crippen molar-refractivity contribution in [3.8, 4) is 0 Å². The summed E-state index contributed by atoms with van der Waals surface area (Å²) in [4.78, 5) is 3.86. The Morgan fingerprint density at radius 2 is 2.21 bits per heavy atom. The van der Waals surface area contributed by atoms with Crippen molar-refractivity contribution in [1.29, 1.82) is 0 Å². The van der Waals surface area contributed by atoms with Crippen LogP contribution in [0.4, 0.5) is 0 Å². The summed E-state index contributed by atoms with van der Waals surface area (Å²) >= 11 is 5.62. The lowest BCUT2D eigenvalue weighted by Gasteiger charge is -2.25. The molecule has 0 amide bonds. The molecule has 1 saturated carbocycles. The zero-order valence-corrected chi connectivity index (χ0v) is 12.0. The summed E-state index contributed by atoms with van der Waals surface area (Å²) in [7, 11) is -3.55. The minimum atomic E-state index is -3.55. The average Bonchev–Trinajstić information content (AvgIpc) is 2.37. The Kier molecular flexibility index (Phi) is 4.78. The first-order valence-corrected chi connectivity index (χ1v) is 8.13. The molecule has 1 heterocycles. The molecule has 106 valence electrons. The SMILES string of the molecule is O=S(=O)(NCC1CCCC(O)C1)c1ccc(Cl)nc1. The van der Waals surface area contributed by atoms with Gasteiger partial charge >= 0.3 is 0 Å². The molecule has 2 atom stereocenters. The smallest absolute Gasteiger partial charge is 0.242 e. The maximum Gasteiger partial charge on any atom is 0.242 e. The minimum Gasteiger partial charge on any atom is -0.393 e. The Bertz CT molecular complexity index is 518. The summed E-state index contributed by atoms with van der Waals surface area (Å²) in [6, 6.07) is 2.87. The molecule has 19 heavy (non-hydrogen) atoms. The molecule has 0 spiro atoms. The number of aliphatic hydroxyl groups excluding tert-OH is 1. The van der Waals surface area contributed by atoms with Gasteiger partial charge in [-0.2, -0.15) is 0 Å². The lowest BCUT2D eigenvalue weighted by atomic mass is 9.87. The number of halogens is 1. The first-order chi connectivity index (χ1) is 8.97. The third kappa shape index (κ3) is 4.14. The van der Waals surface area contributed by atoms with Crippen LogP contribution in [0.2, 0.25) is 5.15 Å². The predicted octanol–water partition coefficient (Wildman–Crippen LogP) is 1.56. The standard InChI is InChI=1S/C12H17ClN2O3S/c13-12-5-4-11(8-14-12)19(17,18)15-7-9-2-1-3-10(16)6-9/h4-5,8-10,15-16H,1-3,6-7H2. The Balaban J connectivity index is 1.96. The van der Waals surface area contributed by atoms with Crippen molar-refractivity contribution in [2.75, 3.05) is 6.54 Å². The number of pyridine rings is 1. The largest absolute Gasteiger partial charge is 0.393 e. The second-order valence-corrected chi connectivity index (χ2v) is 7.01. The van der Waals surface area contributed by atoms with Crippen LogP contribution in [0.5, 0.6) is 0 Å². The molecule has 2 unspecified atom stereocenters. The molecule has 0 radical (unpaired) electrons. The summed E-state index contributed by atoms with van der Waals surface area (Å²) in [5.41, 5.74) is 0. The summed E-state index contributed by atoms with van der Waals surface area (Å²) < 4.78 is 26.6. The topological polar surface area (TPSA) is 79.3 Å². The van der Waals surface area contributed by atoms with Crippen LogP contribution < -0.4 is 4.72 Å². The van der Waals surface area contributed by atoms with Crippen molar-refractivity contribution >= 4 is 21.6 Å². The van der Waals surface area contributed by atoms with Gasteiger partial charge in [-0.25, -0.2) is 18.1 Å². The number of hydrogen-bond donors (Lipinski definition) is 2. The van der Waals surface area contributed by atoms with Crippen molar-refractivity contribution < 1.29 is 13.5 Å². The molecule has 2 rings (SSSR count). The number of rotatable bonds is 4. The Hall–Kier alpha value is -0.690. The monoisotopic (exact) mass is 304 g/mol. The fourth-order valence-corrected chi connectivity index (χ4v) is 3.45. The van der Waals surface area contributed by atoms with Gasteiger partial charge in [-0.3, -0.25) is 0 Å². The maximum atomic E-state index is 12.0. The molecule has 1 fully saturated rings. The fourth-order valence-electron chi connectivity index (χ4n) is 2.28. The molecule has 2 N–H and O–H groups in total. The zero-order valence-electron chi connectivity index (χ0n) is 10.4. The maximum absolute atomic E-state index is 12.0. The Morgan fingerprint density at radius 1 is 1.42 bits per heavy atom. The molecule has 1 aromatic rings. The van der Waals surface area contributed by atoms with E-state index in [4.69, 9.17) is 11.6 Å². The molecule has 0 bridgehead atoms. The predicted molar refractivity (Wildman–Crippen MR) is 72.4 cm³/mol. The number of nitrogens with one attached hydrogen (secondary N) is 1. The third-order valence-corrected chi connectivity index (χ3v) is 4.96. The van der Waals surface area contributed by atoms with Crippen LogP contribution >= 0.6 is 11.6 Å². The van der Waals surface area contributed by atoms with E-state index < -0.39 is 10.0 Å². The van der Waals surface area contributed by atoms with E-state index in [1.54, 1.807) is 0 Å². The Morgan fingerprint density at radius 3 is 2.84 bits per heavy atom. The second kappa shape index (κ2) is 6.17. The average molecular weight is 305 g/mol. The first kappa shape index (κ1) is 14.7. The van der Waals surface area contributed by atoms with Crippen LogP contribution in [0.1, 0.15) is 25.7 Å². The molecule has 1 aromatic heterocycles. The van der Waals surface area contributed by atoms with Gasteiger partial charge in [0.1, 0.15) is 10.0 Å². The second-order valence-electron chi connectivity index (χ2n) is 4.85. The number of nitrogens with zero attached hydrogens (tertiary/aromatic N) is 1. The normalized spacial score (nSPS) is 24.3. The van der Waals surface area contributed by atoms with Gasteiger partial charge in [0.15, 0.2) is 0 Å². The summed E-state index contributed by atoms with van der Waals surface area (Å²) in [6.07, 6.45) is 4.28. The van der Waals surface area contributed by atoms with E-state index in [9.17, 15) is 13.5 Å². The van der Waals surface area contributed by atoms with E-state index in [2.05, 4.69) is 9.71 Å². The minimum absolute atomic E-state index is 0.105. The van der Waals surface area contributed by atoms with Crippen molar-refractivity contribution in [3.63, 3.8) is 0 Å². The quantitative estimate of drug-likeness (QED) is 0.828. The van der Waals surface area contributed by atoms with Crippen molar-refractivity contribution in [3.05, 3.63) is 23.5 Å². The van der Waals surface area contributed by atoms with E-state index in [0.717, 1.165) is 19.3 Å². The van der Waals surface area contributed by atoms with Crippen LogP contribution in [0.3, 0.4) is 0 Å². The highest BCUT2D eigenvalue weighted by atomic mass is 35.5. The third-order valence-electron chi connectivity index (χ3n) is 3.33. The first-order valence-electron chi connectivity index (χ1n) is 6.26. The van der Waals surface area contributed by atoms with Crippen LogP contribution in [-0.2, 0) is 10.0 Å². The van der Waals surface area contributed by atoms with Crippen LogP contribution in [0, 0.1) is 5.92 Å². The highest BCUT2D eigenvalue weighted by Crippen LogP contribution is 2.24. The van der Waals surface area contributed by atoms with Crippen LogP contribution in [-0.4, -0.2) is 31.2 Å². The van der Waals surface area contributed by atoms with E-state index >= 15 is 0 Å². The molecule has 0 aromatic carbocycles. The van der Waals surface area contributed by atoms with Crippen molar-refractivity contribution in [1.82, 2.24) is 9.71 Å². The van der Waals surface area contributed by atoms with Gasteiger partial charge in [0.2, 0.25) is 10.0 Å². The molecule has 7 heteroatoms. The van der Waals surface area contributed by atoms with E-state index in [1.165, 1.54) is 18.3 Å². The summed E-state index contributed by atoms with van der Waals surface area (Å²) in [5.74, 6) is 0.193. The van der Waals surface area contributed by atoms with Gasteiger partial charge in [-0.05, 0) is 37.3 Å². The molecular formula is C12H17ClN2O3S. The Labute approximate surface area is 118 Å². The molecule has 1 aliphatic rings. The molecule has 0 aliphatic heterocycles. The summed E-state index contributed by atoms with van der Waals surface area (Å²) in [6.45, 7) is 0.349. The zero-order chi connectivity index (χ0) is 13.9. The lowest BCUT2D eigenvalue weighted by Crippen LogP contribution is -2.33. The van der Waals surface area contributed by atoms with E-state index in [1.807, 2.05) is 0 Å². The molecule has 0 saturated heterocycles. The van der Waals surface area contributed by atoms with E-state index in [0.29, 0.717) is 13.0 Å². The number of aliphatic hydroxyl groups is 1. The van der Waals surface area contributed by atoms with Gasteiger partial charge in [0, 0.05) is 12.7 Å². The van der Waals surface area contributed by atoms with Gasteiger partial charge in [0.25, 0.3) is 0 Å². The highest BCUT2D eigenvalue weighted by molar-refractivity contribution is 7.89. The number of sulfonamides is 1. The molecule has 5 nitrogen and oxygen atoms in total. The van der Waals surface area contributed by atoms with Crippen molar-refractivity contribution in [2.24, 2.45) is 5.92 Å². The van der Waals surface area contributed by atoms with Crippen molar-refractivity contribution in [2.45, 2.75) is 36.7 Å². The van der Waals surface area contributed by atoms with Crippen LogP contribution in [0.25, 0.3) is 0 Å². The van der Waals surface area contributed by atoms with E-state index in [-0.39, 0.29) is 22.1 Å². The summed E-state index contributed by atoms with van der Waals surface area (Å²) in [5, 5.41) is 9.81. The van der Waals surface area contributed by atoms with Gasteiger partial charge in [-0.1, -0.05) is 18.0 Å². The lowest BCUT2D eigenvalue weighted by molar-refractivity contribution is 0.102. The number of aromatic nitrogens is 1. The van der Waals surface area contributed by atoms with Gasteiger partial charge < -0.3 is 5.11 Å². The van der Waals surface area contributed by atoms with Gasteiger partial charge in [-0.15, -0.1) is 0 Å². The molecule has 1 aliphatic carbocycles. The fraction of sp³-hybridized carbons (Fsp3) is 0.583.